The highest BCUT2D eigenvalue weighted by Gasteiger charge is 2.10. The number of nitrogens with one attached hydrogen (secondary N) is 2. The third-order valence-electron chi connectivity index (χ3n) is 2.77. The minimum absolute atomic E-state index is 0.0124. The van der Waals surface area contributed by atoms with E-state index in [2.05, 4.69) is 27.7 Å². The largest absolute Gasteiger partial charge is 0.375 e. The molecule has 0 unspecified atom stereocenters. The van der Waals surface area contributed by atoms with E-state index in [1.165, 1.54) is 10.8 Å². The smallest absolute Gasteiger partial charge is 0.268 e. The zero-order chi connectivity index (χ0) is 16.3. The highest BCUT2D eigenvalue weighted by atomic mass is 35.5. The first-order valence-corrected chi connectivity index (χ1v) is 7.30. The van der Waals surface area contributed by atoms with Crippen LogP contribution in [-0.4, -0.2) is 20.4 Å². The van der Waals surface area contributed by atoms with Crippen LogP contribution in [0.4, 0.5) is 0 Å². The summed E-state index contributed by atoms with van der Waals surface area (Å²) < 4.78 is 1.60. The number of nitrogens with zero attached hydrogens (tertiary/aromatic N) is 2. The highest BCUT2D eigenvalue weighted by Crippen LogP contribution is 2.13. The summed E-state index contributed by atoms with van der Waals surface area (Å²) in [5, 5.41) is 4.46. The minimum atomic E-state index is -0.322. The summed E-state index contributed by atoms with van der Waals surface area (Å²) in [5.74, 6) is 0. The molecular weight excluding hydrogens is 342 g/mol. The van der Waals surface area contributed by atoms with Gasteiger partial charge in [0.1, 0.15) is 0 Å². The average molecular weight is 354 g/mol. The van der Waals surface area contributed by atoms with Crippen molar-refractivity contribution in [3.8, 4) is 5.69 Å². The van der Waals surface area contributed by atoms with Crippen LogP contribution in [0.25, 0.3) is 5.69 Å². The molecule has 0 spiro atoms. The predicted molar refractivity (Wildman–Crippen MR) is 94.4 cm³/mol. The molecule has 0 atom stereocenters. The molecule has 4 N–H and O–H groups in total. The van der Waals surface area contributed by atoms with E-state index in [1.807, 2.05) is 0 Å². The summed E-state index contributed by atoms with van der Waals surface area (Å²) in [5.41, 5.74) is 8.74. The van der Waals surface area contributed by atoms with Gasteiger partial charge >= 0.3 is 0 Å². The molecule has 0 bridgehead atoms. The summed E-state index contributed by atoms with van der Waals surface area (Å²) in [7, 11) is 0. The van der Waals surface area contributed by atoms with E-state index in [-0.39, 0.29) is 15.4 Å². The van der Waals surface area contributed by atoms with E-state index < -0.39 is 0 Å². The normalized spacial score (nSPS) is 11.3. The molecule has 1 heterocycles. The molecule has 2 aromatic rings. The summed E-state index contributed by atoms with van der Waals surface area (Å²) in [6.07, 6.45) is 1.49. The Morgan fingerprint density at radius 1 is 1.50 bits per heavy atom. The fourth-order valence-corrected chi connectivity index (χ4v) is 2.26. The minimum Gasteiger partial charge on any atom is -0.375 e. The molecule has 0 aliphatic carbocycles. The first-order valence-electron chi connectivity index (χ1n) is 6.11. The van der Waals surface area contributed by atoms with Crippen molar-refractivity contribution in [3.63, 3.8) is 0 Å². The number of H-pyrrole nitrogens is 1. The number of aromatic amines is 1. The summed E-state index contributed by atoms with van der Waals surface area (Å²) in [4.78, 5) is 15.5. The van der Waals surface area contributed by atoms with Gasteiger partial charge in [-0.25, -0.2) is 0 Å². The van der Waals surface area contributed by atoms with Crippen LogP contribution in [0.15, 0.2) is 40.4 Å². The number of hydrogen-bond donors (Lipinski definition) is 3. The lowest BCUT2D eigenvalue weighted by Gasteiger charge is -2.09. The Balaban J connectivity index is 2.61. The van der Waals surface area contributed by atoms with Crippen LogP contribution >= 0.6 is 36.0 Å². The quantitative estimate of drug-likeness (QED) is 0.447. The van der Waals surface area contributed by atoms with E-state index in [0.717, 1.165) is 0 Å². The number of benzene rings is 1. The third-order valence-corrected chi connectivity index (χ3v) is 3.39. The van der Waals surface area contributed by atoms with Crippen molar-refractivity contribution in [1.29, 1.82) is 0 Å². The molecule has 0 aliphatic heterocycles. The van der Waals surface area contributed by atoms with Gasteiger partial charge in [0.05, 0.1) is 17.0 Å². The van der Waals surface area contributed by atoms with Crippen LogP contribution < -0.4 is 16.7 Å². The second kappa shape index (κ2) is 6.82. The molecule has 0 amide bonds. The molecule has 22 heavy (non-hydrogen) atoms. The predicted octanol–water partition coefficient (Wildman–Crippen LogP) is 2.11. The number of hydrogen-bond acceptors (Lipinski definition) is 4. The van der Waals surface area contributed by atoms with Crippen LogP contribution in [0.1, 0.15) is 12.5 Å². The van der Waals surface area contributed by atoms with Gasteiger partial charge in [-0.1, -0.05) is 17.7 Å². The Morgan fingerprint density at radius 3 is 2.86 bits per heavy atom. The van der Waals surface area contributed by atoms with E-state index in [4.69, 9.17) is 29.6 Å². The van der Waals surface area contributed by atoms with Crippen molar-refractivity contribution in [2.24, 2.45) is 10.8 Å². The van der Waals surface area contributed by atoms with E-state index >= 15 is 0 Å². The lowest BCUT2D eigenvalue weighted by atomic mass is 10.2. The Kier molecular flexibility index (Phi) is 5.07. The van der Waals surface area contributed by atoms with Gasteiger partial charge in [-0.2, -0.15) is 5.10 Å². The second-order valence-electron chi connectivity index (χ2n) is 4.30. The van der Waals surface area contributed by atoms with Crippen molar-refractivity contribution in [2.75, 3.05) is 0 Å². The maximum atomic E-state index is 12.6. The number of aromatic nitrogens is 2. The number of rotatable bonds is 3. The number of nitrogens with two attached hydrogens (primary N) is 1. The molecule has 0 saturated carbocycles. The molecular formula is C13H12ClN5OS2. The van der Waals surface area contributed by atoms with Crippen LogP contribution in [0, 0.1) is 4.77 Å². The molecule has 9 heteroatoms. The molecule has 114 valence electrons. The summed E-state index contributed by atoms with van der Waals surface area (Å²) in [6, 6.07) is 6.84. The fourth-order valence-electron chi connectivity index (χ4n) is 1.78. The van der Waals surface area contributed by atoms with Crippen LogP contribution in [0.3, 0.4) is 0 Å². The average Bonchev–Trinajstić information content (AvgIpc) is 2.45. The SMILES string of the molecule is C/C(=N\NC(N)=S)c1c[nH]c(=S)n(-c2cccc(Cl)c2)c1=O. The lowest BCUT2D eigenvalue weighted by molar-refractivity contribution is 0.905. The van der Waals surface area contributed by atoms with Crippen molar-refractivity contribution in [1.82, 2.24) is 15.0 Å². The van der Waals surface area contributed by atoms with Crippen molar-refractivity contribution < 1.29 is 0 Å². The number of hydrazone groups is 1. The molecule has 0 fully saturated rings. The Bertz CT molecular complexity index is 871. The number of thiocarbonyl (C=S) groups is 1. The zero-order valence-corrected chi connectivity index (χ0v) is 13.9. The van der Waals surface area contributed by atoms with E-state index in [0.29, 0.717) is 22.0 Å². The van der Waals surface area contributed by atoms with Crippen molar-refractivity contribution in [2.45, 2.75) is 6.92 Å². The van der Waals surface area contributed by atoms with E-state index in [9.17, 15) is 4.79 Å². The lowest BCUT2D eigenvalue weighted by Crippen LogP contribution is -2.29. The van der Waals surface area contributed by atoms with Gasteiger partial charge in [0, 0.05) is 11.2 Å². The second-order valence-corrected chi connectivity index (χ2v) is 5.56. The summed E-state index contributed by atoms with van der Waals surface area (Å²) >= 11 is 15.8. The topological polar surface area (TPSA) is 88.2 Å². The Labute approximate surface area is 141 Å². The fraction of sp³-hybridized carbons (Fsp3) is 0.0769. The molecule has 2 rings (SSSR count). The monoisotopic (exact) mass is 353 g/mol. The third kappa shape index (κ3) is 3.59. The summed E-state index contributed by atoms with van der Waals surface area (Å²) in [6.45, 7) is 1.65. The maximum absolute atomic E-state index is 12.6. The van der Waals surface area contributed by atoms with Crippen LogP contribution in [0.2, 0.25) is 5.02 Å². The maximum Gasteiger partial charge on any atom is 0.268 e. The molecule has 0 radical (unpaired) electrons. The van der Waals surface area contributed by atoms with Gasteiger partial charge in [0.25, 0.3) is 5.56 Å². The van der Waals surface area contributed by atoms with Gasteiger partial charge in [0.2, 0.25) is 0 Å². The van der Waals surface area contributed by atoms with Crippen LogP contribution in [0.5, 0.6) is 0 Å². The molecule has 6 nitrogen and oxygen atoms in total. The highest BCUT2D eigenvalue weighted by molar-refractivity contribution is 7.80. The van der Waals surface area contributed by atoms with Crippen LogP contribution in [-0.2, 0) is 0 Å². The Morgan fingerprint density at radius 2 is 2.23 bits per heavy atom. The Hall–Kier alpha value is -2.03. The molecule has 1 aromatic heterocycles. The molecule has 0 saturated heterocycles. The zero-order valence-electron chi connectivity index (χ0n) is 11.5. The first kappa shape index (κ1) is 16.3. The number of halogens is 1. The first-order chi connectivity index (χ1) is 10.4. The van der Waals surface area contributed by atoms with Gasteiger partial charge in [0.15, 0.2) is 9.88 Å². The van der Waals surface area contributed by atoms with Gasteiger partial charge in [-0.05, 0) is 49.6 Å². The van der Waals surface area contributed by atoms with E-state index in [1.54, 1.807) is 31.2 Å². The van der Waals surface area contributed by atoms with Gasteiger partial charge < -0.3 is 10.7 Å². The molecule has 1 aromatic carbocycles. The standard InChI is InChI=1S/C13H12ClN5OS2/c1-7(17-18-12(15)21)10-6-16-13(22)19(11(10)20)9-4-2-3-8(14)5-9/h2-6H,1H3,(H,16,22)(H3,15,18,21)/b17-7+. The molecule has 0 aliphatic rings. The van der Waals surface area contributed by atoms with Crippen molar-refractivity contribution >= 4 is 46.9 Å². The van der Waals surface area contributed by atoms with Gasteiger partial charge in [-0.3, -0.25) is 14.8 Å². The van der Waals surface area contributed by atoms with Crippen molar-refractivity contribution in [3.05, 3.63) is 56.2 Å². The van der Waals surface area contributed by atoms with Gasteiger partial charge in [-0.15, -0.1) is 0 Å².